The Bertz CT molecular complexity index is 1560. The van der Waals surface area contributed by atoms with E-state index in [1.165, 1.54) is 12.0 Å². The van der Waals surface area contributed by atoms with Crippen LogP contribution in [0.5, 0.6) is 11.5 Å². The molecule has 6 unspecified atom stereocenters. The van der Waals surface area contributed by atoms with Gasteiger partial charge in [0.05, 0.1) is 30.1 Å². The molecule has 0 spiro atoms. The summed E-state index contributed by atoms with van der Waals surface area (Å²) >= 11 is 17.6. The number of hydrogen-bond donors (Lipinski definition) is 1. The van der Waals surface area contributed by atoms with E-state index in [4.69, 9.17) is 27.9 Å². The predicted octanol–water partition coefficient (Wildman–Crippen LogP) is 4.96. The first kappa shape index (κ1) is 28.0. The van der Waals surface area contributed by atoms with E-state index in [1.54, 1.807) is 48.5 Å². The Kier molecular flexibility index (Phi) is 6.63. The largest absolute Gasteiger partial charge is 0.504 e. The van der Waals surface area contributed by atoms with Crippen molar-refractivity contribution in [3.8, 4) is 11.5 Å². The minimum Gasteiger partial charge on any atom is -0.504 e. The third kappa shape index (κ3) is 3.58. The molecule has 3 fully saturated rings. The summed E-state index contributed by atoms with van der Waals surface area (Å²) in [6.45, 7) is 3.74. The van der Waals surface area contributed by atoms with Crippen LogP contribution in [0.3, 0.4) is 0 Å². The zero-order valence-corrected chi connectivity index (χ0v) is 24.9. The van der Waals surface area contributed by atoms with Crippen molar-refractivity contribution in [2.75, 3.05) is 17.5 Å². The van der Waals surface area contributed by atoms with E-state index in [9.17, 15) is 24.3 Å². The number of benzene rings is 2. The highest BCUT2D eigenvalue weighted by Crippen LogP contribution is 2.66. The molecule has 2 aliphatic heterocycles. The molecule has 1 N–H and O–H groups in total. The van der Waals surface area contributed by atoms with Gasteiger partial charge >= 0.3 is 0 Å². The Hall–Kier alpha value is -3.14. The summed E-state index contributed by atoms with van der Waals surface area (Å²) in [6.07, 6.45) is 3.57. The number of amides is 4. The molecule has 0 bridgehead atoms. The summed E-state index contributed by atoms with van der Waals surface area (Å²) in [6, 6.07) is 11.7. The van der Waals surface area contributed by atoms with Crippen LogP contribution in [-0.2, 0) is 19.2 Å². The molecule has 6 rings (SSSR count). The molecule has 2 heterocycles. The molecule has 2 saturated heterocycles. The van der Waals surface area contributed by atoms with Gasteiger partial charge in [-0.05, 0) is 42.5 Å². The lowest BCUT2D eigenvalue weighted by molar-refractivity contribution is -0.138. The van der Waals surface area contributed by atoms with Crippen molar-refractivity contribution < 1.29 is 29.0 Å². The van der Waals surface area contributed by atoms with Gasteiger partial charge in [0.2, 0.25) is 11.8 Å². The molecule has 6 atom stereocenters. The van der Waals surface area contributed by atoms with Gasteiger partial charge in [0.1, 0.15) is 0 Å². The molecule has 0 radical (unpaired) electrons. The van der Waals surface area contributed by atoms with Crippen molar-refractivity contribution in [1.82, 2.24) is 4.90 Å². The molecule has 11 heteroatoms. The Morgan fingerprint density at radius 2 is 1.78 bits per heavy atom. The number of para-hydroxylation sites is 1. The number of anilines is 1. The van der Waals surface area contributed by atoms with Gasteiger partial charge in [-0.25, -0.2) is 0 Å². The summed E-state index contributed by atoms with van der Waals surface area (Å²) in [5, 5.41) is 11.2. The van der Waals surface area contributed by atoms with Crippen molar-refractivity contribution in [3.05, 3.63) is 71.8 Å². The van der Waals surface area contributed by atoms with Crippen LogP contribution in [0.15, 0.2) is 60.7 Å². The van der Waals surface area contributed by atoms with Gasteiger partial charge < -0.3 is 9.84 Å². The van der Waals surface area contributed by atoms with Crippen molar-refractivity contribution in [2.45, 2.75) is 28.5 Å². The number of imide groups is 2. The number of rotatable bonds is 5. The zero-order valence-electron chi connectivity index (χ0n) is 21.9. The number of carbonyl (C=O) groups is 4. The number of methoxy groups -OCH3 is 1. The number of phenols is 1. The van der Waals surface area contributed by atoms with Gasteiger partial charge in [0.15, 0.2) is 21.2 Å². The molecule has 4 aliphatic rings. The van der Waals surface area contributed by atoms with Gasteiger partial charge in [-0.3, -0.25) is 29.0 Å². The minimum atomic E-state index is -2.01. The SMILES string of the molecule is C=Cc1ccc(N2C(=O)C3CC=C4C(CC5(Cl)C(=O)N(CBr)C(=O)C5(Cl)C4c4cccc(OC)c4O)C3C2=O)cc1. The molecule has 2 aromatic carbocycles. The average molecular weight is 660 g/mol. The van der Waals surface area contributed by atoms with E-state index >= 15 is 0 Å². The number of likely N-dealkylation sites (tertiary alicyclic amines) is 1. The molecule has 0 aromatic heterocycles. The molecule has 2 aliphatic carbocycles. The number of fused-ring (bicyclic) bond motifs is 4. The smallest absolute Gasteiger partial charge is 0.254 e. The fraction of sp³-hybridized carbons (Fsp3) is 0.333. The predicted molar refractivity (Wildman–Crippen MR) is 157 cm³/mol. The normalized spacial score (nSPS) is 32.4. The van der Waals surface area contributed by atoms with Crippen LogP contribution in [0.4, 0.5) is 5.69 Å². The van der Waals surface area contributed by atoms with Crippen molar-refractivity contribution >= 4 is 74.5 Å². The maximum absolute atomic E-state index is 14.1. The summed E-state index contributed by atoms with van der Waals surface area (Å²) in [7, 11) is 1.39. The van der Waals surface area contributed by atoms with E-state index < -0.39 is 51.1 Å². The zero-order chi connectivity index (χ0) is 29.4. The number of ether oxygens (including phenoxy) is 1. The second kappa shape index (κ2) is 9.71. The Morgan fingerprint density at radius 1 is 1.07 bits per heavy atom. The van der Waals surface area contributed by atoms with Gasteiger partial charge in [-0.1, -0.05) is 64.5 Å². The highest BCUT2D eigenvalue weighted by molar-refractivity contribution is 9.09. The maximum Gasteiger partial charge on any atom is 0.254 e. The number of carbonyl (C=O) groups excluding carboxylic acids is 4. The van der Waals surface area contributed by atoms with Crippen molar-refractivity contribution in [1.29, 1.82) is 0 Å². The molecular formula is C30H25BrCl2N2O6. The van der Waals surface area contributed by atoms with Gasteiger partial charge in [0, 0.05) is 11.5 Å². The van der Waals surface area contributed by atoms with Crippen LogP contribution in [0.1, 0.15) is 29.9 Å². The van der Waals surface area contributed by atoms with Gasteiger partial charge in [0.25, 0.3) is 11.8 Å². The number of phenolic OH excluding ortho intramolecular Hbond substituents is 1. The van der Waals surface area contributed by atoms with Crippen LogP contribution in [0, 0.1) is 17.8 Å². The van der Waals surface area contributed by atoms with Crippen LogP contribution in [-0.4, -0.2) is 55.9 Å². The number of aromatic hydroxyl groups is 1. The van der Waals surface area contributed by atoms with Crippen LogP contribution < -0.4 is 9.64 Å². The topological polar surface area (TPSA) is 104 Å². The van der Waals surface area contributed by atoms with E-state index in [2.05, 4.69) is 22.5 Å². The van der Waals surface area contributed by atoms with Crippen LogP contribution in [0.25, 0.3) is 6.08 Å². The van der Waals surface area contributed by atoms with E-state index in [1.807, 2.05) is 6.08 Å². The molecule has 41 heavy (non-hydrogen) atoms. The number of allylic oxidation sites excluding steroid dienone is 2. The monoisotopic (exact) mass is 658 g/mol. The Labute approximate surface area is 254 Å². The number of alkyl halides is 3. The molecule has 212 valence electrons. The Morgan fingerprint density at radius 3 is 2.41 bits per heavy atom. The van der Waals surface area contributed by atoms with Crippen LogP contribution >= 0.6 is 39.1 Å². The average Bonchev–Trinajstić information content (AvgIpc) is 3.31. The first-order chi connectivity index (χ1) is 19.5. The molecule has 8 nitrogen and oxygen atoms in total. The molecule has 2 aromatic rings. The molecular weight excluding hydrogens is 635 g/mol. The fourth-order valence-corrected chi connectivity index (χ4v) is 8.47. The fourth-order valence-electron chi connectivity index (χ4n) is 7.05. The highest BCUT2D eigenvalue weighted by atomic mass is 79.9. The van der Waals surface area contributed by atoms with E-state index in [0.29, 0.717) is 11.3 Å². The lowest BCUT2D eigenvalue weighted by atomic mass is 9.56. The van der Waals surface area contributed by atoms with Crippen molar-refractivity contribution in [3.63, 3.8) is 0 Å². The van der Waals surface area contributed by atoms with E-state index in [-0.39, 0.29) is 41.3 Å². The third-order valence-corrected chi connectivity index (χ3v) is 10.9. The standard InChI is InChI=1S/C30H25BrCl2N2O6/c1-3-15-7-9-16(10-8-15)35-25(37)18-12-11-17-20(22(18)26(35)38)13-29(32)27(39)34(14-31)28(40)30(29,33)23(17)19-5-4-6-21(41-2)24(19)36/h3-11,18,20,22-23,36H,1,12-14H2,2H3. The summed E-state index contributed by atoms with van der Waals surface area (Å²) < 4.78 is 5.33. The van der Waals surface area contributed by atoms with Crippen LogP contribution in [0.2, 0.25) is 0 Å². The summed E-state index contributed by atoms with van der Waals surface area (Å²) in [4.78, 5) is 53.5. The molecule has 4 amide bonds. The molecule has 1 saturated carbocycles. The second-order valence-corrected chi connectivity index (χ2v) is 12.4. The summed E-state index contributed by atoms with van der Waals surface area (Å²) in [5.41, 5.74) is 1.97. The van der Waals surface area contributed by atoms with Gasteiger partial charge in [-0.2, -0.15) is 0 Å². The summed E-state index contributed by atoms with van der Waals surface area (Å²) in [5.74, 6) is -5.56. The second-order valence-electron chi connectivity index (χ2n) is 10.7. The minimum absolute atomic E-state index is 0.133. The quantitative estimate of drug-likeness (QED) is 0.211. The number of hydrogen-bond acceptors (Lipinski definition) is 6. The van der Waals surface area contributed by atoms with Gasteiger partial charge in [-0.15, -0.1) is 23.2 Å². The third-order valence-electron chi connectivity index (χ3n) is 8.96. The highest BCUT2D eigenvalue weighted by Gasteiger charge is 2.76. The first-order valence-corrected chi connectivity index (χ1v) is 14.9. The van der Waals surface area contributed by atoms with Crippen molar-refractivity contribution in [2.24, 2.45) is 17.8 Å². The lowest BCUT2D eigenvalue weighted by Crippen LogP contribution is -2.60. The Balaban J connectivity index is 1.52. The first-order valence-electron chi connectivity index (χ1n) is 13.0. The maximum atomic E-state index is 14.1. The lowest BCUT2D eigenvalue weighted by Gasteiger charge is -2.50. The van der Waals surface area contributed by atoms with E-state index in [0.717, 1.165) is 10.5 Å². The number of nitrogens with zero attached hydrogens (tertiary/aromatic N) is 2. The number of halogens is 3.